The van der Waals surface area contributed by atoms with Crippen molar-refractivity contribution in [2.24, 2.45) is 5.92 Å². The lowest BCUT2D eigenvalue weighted by atomic mass is 10.0. The first-order valence-electron chi connectivity index (χ1n) is 8.24. The first kappa shape index (κ1) is 16.0. The lowest BCUT2D eigenvalue weighted by Crippen LogP contribution is -2.35. The third kappa shape index (κ3) is 3.29. The molecule has 1 N–H and O–H groups in total. The minimum Gasteiger partial charge on any atom is -0.321 e. The van der Waals surface area contributed by atoms with Crippen LogP contribution in [0.25, 0.3) is 0 Å². The van der Waals surface area contributed by atoms with Crippen LogP contribution in [0.2, 0.25) is 0 Å². The highest BCUT2D eigenvalue weighted by atomic mass is 16.2. The molecule has 1 heterocycles. The van der Waals surface area contributed by atoms with Gasteiger partial charge in [0.15, 0.2) is 0 Å². The smallest absolute Gasteiger partial charge is 0.241 e. The summed E-state index contributed by atoms with van der Waals surface area (Å²) in [7, 11) is 0. The van der Waals surface area contributed by atoms with E-state index >= 15 is 0 Å². The number of rotatable bonds is 6. The molecule has 0 aliphatic carbocycles. The monoisotopic (exact) mass is 288 g/mol. The molecule has 2 atom stereocenters. The van der Waals surface area contributed by atoms with Crippen molar-refractivity contribution in [1.82, 2.24) is 10.2 Å². The Morgan fingerprint density at radius 2 is 1.86 bits per heavy atom. The lowest BCUT2D eigenvalue weighted by Gasteiger charge is -2.29. The molecule has 116 valence electrons. The number of benzene rings is 1. The van der Waals surface area contributed by atoms with Crippen LogP contribution in [0.5, 0.6) is 0 Å². The zero-order valence-corrected chi connectivity index (χ0v) is 13.7. The molecule has 0 saturated carbocycles. The molecule has 1 aromatic rings. The number of nitrogens with zero attached hydrogens (tertiary/aromatic N) is 1. The van der Waals surface area contributed by atoms with Crippen LogP contribution >= 0.6 is 0 Å². The van der Waals surface area contributed by atoms with Crippen LogP contribution in [-0.4, -0.2) is 23.4 Å². The van der Waals surface area contributed by atoms with E-state index in [1.807, 2.05) is 0 Å². The predicted octanol–water partition coefficient (Wildman–Crippen LogP) is 3.64. The van der Waals surface area contributed by atoms with E-state index < -0.39 is 0 Å². The molecule has 1 aliphatic rings. The number of nitrogens with one attached hydrogen (secondary N) is 1. The molecule has 21 heavy (non-hydrogen) atoms. The lowest BCUT2D eigenvalue weighted by molar-refractivity contribution is -0.130. The molecule has 0 aromatic heterocycles. The standard InChI is InChI=1S/C18H28N2O/c1-5-14(6-2)12-20-17(19-16(7-3)18(20)21)15-11-9-8-10-13(15)4/h8-11,14,16-17,19H,5-7,12H2,1-4H3. The fourth-order valence-electron chi connectivity index (χ4n) is 3.14. The van der Waals surface area contributed by atoms with Crippen LogP contribution in [0.3, 0.4) is 0 Å². The van der Waals surface area contributed by atoms with Gasteiger partial charge in [-0.25, -0.2) is 0 Å². The van der Waals surface area contributed by atoms with Crippen molar-refractivity contribution >= 4 is 5.91 Å². The normalized spacial score (nSPS) is 22.3. The second-order valence-corrected chi connectivity index (χ2v) is 6.06. The van der Waals surface area contributed by atoms with E-state index in [4.69, 9.17) is 0 Å². The van der Waals surface area contributed by atoms with Crippen LogP contribution in [-0.2, 0) is 4.79 Å². The number of aryl methyl sites for hydroxylation is 1. The third-order valence-corrected chi connectivity index (χ3v) is 4.75. The van der Waals surface area contributed by atoms with Crippen molar-refractivity contribution in [3.63, 3.8) is 0 Å². The first-order chi connectivity index (χ1) is 10.1. The quantitative estimate of drug-likeness (QED) is 0.866. The van der Waals surface area contributed by atoms with Gasteiger partial charge in [0.2, 0.25) is 5.91 Å². The molecule has 1 aliphatic heterocycles. The fraction of sp³-hybridized carbons (Fsp3) is 0.611. The third-order valence-electron chi connectivity index (χ3n) is 4.75. The molecular weight excluding hydrogens is 260 g/mol. The van der Waals surface area contributed by atoms with Gasteiger partial charge in [0.1, 0.15) is 6.17 Å². The highest BCUT2D eigenvalue weighted by Crippen LogP contribution is 2.30. The average molecular weight is 288 g/mol. The molecule has 2 rings (SSSR count). The Labute approximate surface area is 128 Å². The number of amides is 1. The van der Waals surface area contributed by atoms with Crippen LogP contribution in [0.4, 0.5) is 0 Å². The molecule has 0 spiro atoms. The maximum absolute atomic E-state index is 12.7. The van der Waals surface area contributed by atoms with Crippen molar-refractivity contribution in [1.29, 1.82) is 0 Å². The first-order valence-corrected chi connectivity index (χ1v) is 8.24. The fourth-order valence-corrected chi connectivity index (χ4v) is 3.14. The van der Waals surface area contributed by atoms with Crippen molar-refractivity contribution in [3.8, 4) is 0 Å². The number of hydrogen-bond donors (Lipinski definition) is 1. The Kier molecular flexibility index (Phi) is 5.40. The summed E-state index contributed by atoms with van der Waals surface area (Å²) in [4.78, 5) is 14.7. The maximum atomic E-state index is 12.7. The van der Waals surface area contributed by atoms with E-state index in [0.29, 0.717) is 5.92 Å². The molecule has 1 fully saturated rings. The largest absolute Gasteiger partial charge is 0.321 e. The van der Waals surface area contributed by atoms with E-state index in [0.717, 1.165) is 25.8 Å². The van der Waals surface area contributed by atoms with Gasteiger partial charge in [0.25, 0.3) is 0 Å². The van der Waals surface area contributed by atoms with Gasteiger partial charge in [-0.15, -0.1) is 0 Å². The zero-order chi connectivity index (χ0) is 15.4. The van der Waals surface area contributed by atoms with Crippen molar-refractivity contribution in [2.45, 2.75) is 59.2 Å². The summed E-state index contributed by atoms with van der Waals surface area (Å²) in [6.07, 6.45) is 3.12. The Hall–Kier alpha value is -1.35. The maximum Gasteiger partial charge on any atom is 0.241 e. The Morgan fingerprint density at radius 3 is 2.43 bits per heavy atom. The summed E-state index contributed by atoms with van der Waals surface area (Å²) in [5, 5.41) is 3.53. The molecule has 1 saturated heterocycles. The van der Waals surface area contributed by atoms with Crippen LogP contribution in [0.1, 0.15) is 57.3 Å². The van der Waals surface area contributed by atoms with Gasteiger partial charge in [-0.3, -0.25) is 10.1 Å². The van der Waals surface area contributed by atoms with Crippen LogP contribution in [0.15, 0.2) is 24.3 Å². The number of hydrogen-bond acceptors (Lipinski definition) is 2. The molecule has 0 bridgehead atoms. The summed E-state index contributed by atoms with van der Waals surface area (Å²) in [6, 6.07) is 8.33. The topological polar surface area (TPSA) is 32.3 Å². The Bertz CT molecular complexity index is 482. The van der Waals surface area contributed by atoms with Gasteiger partial charge >= 0.3 is 0 Å². The van der Waals surface area contributed by atoms with E-state index in [-0.39, 0.29) is 18.1 Å². The minimum absolute atomic E-state index is 0.0317. The molecule has 3 heteroatoms. The highest BCUT2D eigenvalue weighted by Gasteiger charge is 2.39. The average Bonchev–Trinajstić information content (AvgIpc) is 2.81. The van der Waals surface area contributed by atoms with E-state index in [1.54, 1.807) is 0 Å². The van der Waals surface area contributed by atoms with Gasteiger partial charge in [0, 0.05) is 6.54 Å². The van der Waals surface area contributed by atoms with Crippen LogP contribution < -0.4 is 5.32 Å². The molecule has 1 amide bonds. The number of carbonyl (C=O) groups is 1. The Balaban J connectivity index is 2.28. The Morgan fingerprint density at radius 1 is 1.19 bits per heavy atom. The van der Waals surface area contributed by atoms with E-state index in [9.17, 15) is 4.79 Å². The predicted molar refractivity (Wildman–Crippen MR) is 86.9 cm³/mol. The summed E-state index contributed by atoms with van der Waals surface area (Å²) in [5.41, 5.74) is 2.47. The van der Waals surface area contributed by atoms with Crippen molar-refractivity contribution < 1.29 is 4.79 Å². The number of carbonyl (C=O) groups excluding carboxylic acids is 1. The molecule has 1 aromatic carbocycles. The van der Waals surface area contributed by atoms with Gasteiger partial charge in [-0.2, -0.15) is 0 Å². The highest BCUT2D eigenvalue weighted by molar-refractivity contribution is 5.84. The molecule has 0 radical (unpaired) electrons. The summed E-state index contributed by atoms with van der Waals surface area (Å²) < 4.78 is 0. The molecule has 2 unspecified atom stereocenters. The minimum atomic E-state index is -0.0380. The van der Waals surface area contributed by atoms with Crippen molar-refractivity contribution in [3.05, 3.63) is 35.4 Å². The van der Waals surface area contributed by atoms with Gasteiger partial charge < -0.3 is 4.90 Å². The molecular formula is C18H28N2O. The summed E-state index contributed by atoms with van der Waals surface area (Å²) in [6.45, 7) is 9.47. The van der Waals surface area contributed by atoms with Crippen molar-refractivity contribution in [2.75, 3.05) is 6.54 Å². The molecule has 3 nitrogen and oxygen atoms in total. The zero-order valence-electron chi connectivity index (χ0n) is 13.7. The van der Waals surface area contributed by atoms with E-state index in [1.165, 1.54) is 11.1 Å². The van der Waals surface area contributed by atoms with Gasteiger partial charge in [-0.1, -0.05) is 57.9 Å². The van der Waals surface area contributed by atoms with E-state index in [2.05, 4.69) is 62.2 Å². The summed E-state index contributed by atoms with van der Waals surface area (Å²) >= 11 is 0. The summed E-state index contributed by atoms with van der Waals surface area (Å²) in [5.74, 6) is 0.843. The van der Waals surface area contributed by atoms with Gasteiger partial charge in [0.05, 0.1) is 6.04 Å². The van der Waals surface area contributed by atoms with Gasteiger partial charge in [-0.05, 0) is 30.4 Å². The second kappa shape index (κ2) is 7.08. The van der Waals surface area contributed by atoms with Crippen LogP contribution in [0, 0.1) is 12.8 Å². The second-order valence-electron chi connectivity index (χ2n) is 6.06. The SMILES string of the molecule is CCC(CC)CN1C(=O)C(CC)NC1c1ccccc1C.